The van der Waals surface area contributed by atoms with Gasteiger partial charge < -0.3 is 4.57 Å². The van der Waals surface area contributed by atoms with Gasteiger partial charge in [-0.3, -0.25) is 0 Å². The van der Waals surface area contributed by atoms with Crippen molar-refractivity contribution in [3.8, 4) is 12.1 Å². The highest BCUT2D eigenvalue weighted by Crippen LogP contribution is 2.26. The molecule has 4 heteroatoms. The van der Waals surface area contributed by atoms with Crippen molar-refractivity contribution < 1.29 is 0 Å². The van der Waals surface area contributed by atoms with Crippen molar-refractivity contribution in [1.29, 1.82) is 10.5 Å². The average Bonchev–Trinajstić information content (AvgIpc) is 2.91. The van der Waals surface area contributed by atoms with Gasteiger partial charge in [-0.25, -0.2) is 0 Å². The lowest BCUT2D eigenvalue weighted by Gasteiger charge is -2.00. The molecule has 0 aliphatic heterocycles. The van der Waals surface area contributed by atoms with E-state index in [1.807, 2.05) is 53.2 Å². The number of allylic oxidation sites excluding steroid dienone is 1. The molecule has 0 bridgehead atoms. The zero-order chi connectivity index (χ0) is 16.2. The first kappa shape index (κ1) is 14.9. The van der Waals surface area contributed by atoms with Gasteiger partial charge in [0.05, 0.1) is 17.7 Å². The largest absolute Gasteiger partial charge is 0.333 e. The van der Waals surface area contributed by atoms with Gasteiger partial charge in [-0.1, -0.05) is 41.9 Å². The molecule has 0 aliphatic carbocycles. The lowest BCUT2D eigenvalue weighted by molar-refractivity contribution is 0.873. The average molecular weight is 318 g/mol. The van der Waals surface area contributed by atoms with Gasteiger partial charge in [0.2, 0.25) is 0 Å². The van der Waals surface area contributed by atoms with Crippen LogP contribution in [0.3, 0.4) is 0 Å². The lowest BCUT2D eigenvalue weighted by Crippen LogP contribution is -1.91. The number of halogens is 1. The number of hydrogen-bond donors (Lipinski definition) is 0. The first-order valence-electron chi connectivity index (χ1n) is 7.05. The third kappa shape index (κ3) is 2.97. The number of fused-ring (bicyclic) bond motifs is 1. The number of benzene rings is 2. The van der Waals surface area contributed by atoms with Gasteiger partial charge in [-0.05, 0) is 29.8 Å². The molecule has 2 aromatic carbocycles. The molecule has 1 heterocycles. The van der Waals surface area contributed by atoms with Crippen LogP contribution in [0.15, 0.2) is 54.7 Å². The molecular formula is C19H12ClN3. The summed E-state index contributed by atoms with van der Waals surface area (Å²) in [5.74, 6) is 0. The van der Waals surface area contributed by atoms with E-state index in [1.54, 1.807) is 12.1 Å². The van der Waals surface area contributed by atoms with E-state index in [0.717, 1.165) is 22.0 Å². The van der Waals surface area contributed by atoms with Gasteiger partial charge in [-0.15, -0.1) is 0 Å². The molecule has 1 aromatic heterocycles. The van der Waals surface area contributed by atoms with Crippen molar-refractivity contribution in [2.24, 2.45) is 0 Å². The molecule has 0 amide bonds. The normalized spacial score (nSPS) is 11.2. The van der Waals surface area contributed by atoms with Gasteiger partial charge in [0.1, 0.15) is 6.54 Å². The smallest absolute Gasteiger partial charge is 0.110 e. The Balaban J connectivity index is 2.16. The van der Waals surface area contributed by atoms with Crippen molar-refractivity contribution >= 4 is 34.2 Å². The van der Waals surface area contributed by atoms with E-state index < -0.39 is 0 Å². The van der Waals surface area contributed by atoms with Crippen LogP contribution in [0.5, 0.6) is 0 Å². The minimum Gasteiger partial charge on any atom is -0.333 e. The summed E-state index contributed by atoms with van der Waals surface area (Å²) in [7, 11) is 0. The van der Waals surface area contributed by atoms with Crippen molar-refractivity contribution in [2.45, 2.75) is 6.54 Å². The van der Waals surface area contributed by atoms with Crippen LogP contribution in [0.25, 0.3) is 22.6 Å². The second kappa shape index (κ2) is 6.40. The van der Waals surface area contributed by atoms with Gasteiger partial charge in [0, 0.05) is 27.7 Å². The van der Waals surface area contributed by atoms with Crippen LogP contribution in [0.4, 0.5) is 0 Å². The van der Waals surface area contributed by atoms with Crippen molar-refractivity contribution in [3.05, 3.63) is 70.9 Å². The fraction of sp³-hybridized carbons (Fsp3) is 0.0526. The van der Waals surface area contributed by atoms with E-state index in [0.29, 0.717) is 10.6 Å². The van der Waals surface area contributed by atoms with Gasteiger partial charge in [-0.2, -0.15) is 10.5 Å². The number of nitriles is 2. The first-order chi connectivity index (χ1) is 11.2. The van der Waals surface area contributed by atoms with Crippen LogP contribution in [0.2, 0.25) is 5.02 Å². The molecule has 3 nitrogen and oxygen atoms in total. The van der Waals surface area contributed by atoms with Gasteiger partial charge >= 0.3 is 0 Å². The first-order valence-corrected chi connectivity index (χ1v) is 7.43. The highest BCUT2D eigenvalue weighted by atomic mass is 35.5. The van der Waals surface area contributed by atoms with E-state index in [-0.39, 0.29) is 6.54 Å². The van der Waals surface area contributed by atoms with E-state index in [4.69, 9.17) is 16.9 Å². The van der Waals surface area contributed by atoms with Gasteiger partial charge in [0.25, 0.3) is 0 Å². The predicted molar refractivity (Wildman–Crippen MR) is 92.5 cm³/mol. The van der Waals surface area contributed by atoms with Crippen LogP contribution in [-0.2, 0) is 6.54 Å². The summed E-state index contributed by atoms with van der Waals surface area (Å²) in [6.07, 6.45) is 3.73. The Hall–Kier alpha value is -3.01. The van der Waals surface area contributed by atoms with Crippen molar-refractivity contribution in [2.75, 3.05) is 0 Å². The van der Waals surface area contributed by atoms with Crippen LogP contribution in [0, 0.1) is 22.7 Å². The molecule has 0 N–H and O–H groups in total. The molecule has 0 saturated heterocycles. The Morgan fingerprint density at radius 3 is 2.70 bits per heavy atom. The summed E-state index contributed by atoms with van der Waals surface area (Å²) in [4.78, 5) is 0. The van der Waals surface area contributed by atoms with Gasteiger partial charge in [0.15, 0.2) is 0 Å². The second-order valence-electron chi connectivity index (χ2n) is 5.07. The van der Waals surface area contributed by atoms with E-state index in [2.05, 4.69) is 12.1 Å². The molecule has 0 fully saturated rings. The van der Waals surface area contributed by atoms with E-state index in [9.17, 15) is 5.26 Å². The monoisotopic (exact) mass is 317 g/mol. The zero-order valence-corrected chi connectivity index (χ0v) is 13.0. The molecular weight excluding hydrogens is 306 g/mol. The number of nitrogens with zero attached hydrogens (tertiary/aromatic N) is 3. The van der Waals surface area contributed by atoms with Crippen LogP contribution >= 0.6 is 11.6 Å². The van der Waals surface area contributed by atoms with Crippen LogP contribution < -0.4 is 0 Å². The fourth-order valence-electron chi connectivity index (χ4n) is 2.59. The third-order valence-electron chi connectivity index (χ3n) is 3.62. The molecule has 0 atom stereocenters. The lowest BCUT2D eigenvalue weighted by atomic mass is 10.0. The fourth-order valence-corrected chi connectivity index (χ4v) is 2.78. The minimum atomic E-state index is 0.271. The van der Waals surface area contributed by atoms with Crippen LogP contribution in [-0.4, -0.2) is 4.57 Å². The topological polar surface area (TPSA) is 52.5 Å². The summed E-state index contributed by atoms with van der Waals surface area (Å²) >= 11 is 6.01. The highest BCUT2D eigenvalue weighted by molar-refractivity contribution is 6.30. The number of para-hydroxylation sites is 1. The van der Waals surface area contributed by atoms with E-state index in [1.165, 1.54) is 0 Å². The molecule has 0 spiro atoms. The Labute approximate surface area is 139 Å². The summed E-state index contributed by atoms with van der Waals surface area (Å²) in [6.45, 7) is 0.271. The molecule has 3 rings (SSSR count). The molecule has 0 radical (unpaired) electrons. The maximum Gasteiger partial charge on any atom is 0.110 e. The summed E-state index contributed by atoms with van der Waals surface area (Å²) in [5, 5.41) is 20.1. The highest BCUT2D eigenvalue weighted by Gasteiger charge is 2.08. The Morgan fingerprint density at radius 1 is 1.13 bits per heavy atom. The quantitative estimate of drug-likeness (QED) is 0.646. The van der Waals surface area contributed by atoms with Crippen molar-refractivity contribution in [1.82, 2.24) is 4.57 Å². The summed E-state index contributed by atoms with van der Waals surface area (Å²) in [6, 6.07) is 19.4. The maximum absolute atomic E-state index is 9.49. The van der Waals surface area contributed by atoms with Crippen molar-refractivity contribution in [3.63, 3.8) is 0 Å². The minimum absolute atomic E-state index is 0.271. The summed E-state index contributed by atoms with van der Waals surface area (Å²) < 4.78 is 1.88. The molecule has 3 aromatic rings. The Kier molecular flexibility index (Phi) is 4.15. The molecule has 110 valence electrons. The molecule has 23 heavy (non-hydrogen) atoms. The Bertz CT molecular complexity index is 984. The van der Waals surface area contributed by atoms with Crippen LogP contribution in [0.1, 0.15) is 11.1 Å². The maximum atomic E-state index is 9.49. The number of hydrogen-bond acceptors (Lipinski definition) is 2. The molecule has 0 unspecified atom stereocenters. The predicted octanol–water partition coefficient (Wildman–Crippen LogP) is 4.88. The third-order valence-corrected chi connectivity index (χ3v) is 3.85. The molecule has 0 aliphatic rings. The zero-order valence-electron chi connectivity index (χ0n) is 12.2. The second-order valence-corrected chi connectivity index (χ2v) is 5.50. The standard InChI is InChI=1S/C19H12ClN3/c20-17-5-3-4-14(11-17)15(12-22)10-16-13-23(9-8-21)19-7-2-1-6-18(16)19/h1-7,10-11,13H,9H2/b15-10-. The number of rotatable bonds is 3. The summed E-state index contributed by atoms with van der Waals surface area (Å²) in [5.41, 5.74) is 3.19. The Morgan fingerprint density at radius 2 is 1.96 bits per heavy atom. The molecule has 0 saturated carbocycles. The van der Waals surface area contributed by atoms with E-state index >= 15 is 0 Å². The SMILES string of the molecule is N#CCn1cc(/C=C(/C#N)c2cccc(Cl)c2)c2ccccc21. The number of aromatic nitrogens is 1.